The molecule has 0 saturated heterocycles. The van der Waals surface area contributed by atoms with Crippen molar-refractivity contribution in [3.8, 4) is 0 Å². The molecule has 0 aliphatic carbocycles. The Morgan fingerprint density at radius 1 is 1.44 bits per heavy atom. The lowest BCUT2D eigenvalue weighted by Crippen LogP contribution is -2.05. The van der Waals surface area contributed by atoms with Crippen LogP contribution in [0.4, 0.5) is 0 Å². The van der Waals surface area contributed by atoms with Gasteiger partial charge in [0.1, 0.15) is 5.69 Å². The van der Waals surface area contributed by atoms with Crippen LogP contribution < -0.4 is 0 Å². The number of hydrogen-bond donors (Lipinski definition) is 0. The number of ketones is 1. The van der Waals surface area contributed by atoms with Gasteiger partial charge < -0.3 is 0 Å². The fourth-order valence-electron chi connectivity index (χ4n) is 1.27. The molecule has 0 N–H and O–H groups in total. The molecule has 0 spiro atoms. The van der Waals surface area contributed by atoms with Crippen LogP contribution in [-0.2, 0) is 6.42 Å². The van der Waals surface area contributed by atoms with Gasteiger partial charge in [0.2, 0.25) is 0 Å². The van der Waals surface area contributed by atoms with Crippen LogP contribution in [0.3, 0.4) is 0 Å². The molecule has 2 aromatic heterocycles. The number of carbonyl (C=O) groups excluding carboxylic acids is 1. The molecule has 0 bridgehead atoms. The largest absolute Gasteiger partial charge is 0.292 e. The molecule has 0 aliphatic heterocycles. The van der Waals surface area contributed by atoms with Gasteiger partial charge in [0.25, 0.3) is 0 Å². The first kappa shape index (κ1) is 11.6. The van der Waals surface area contributed by atoms with Gasteiger partial charge in [-0.2, -0.15) is 0 Å². The summed E-state index contributed by atoms with van der Waals surface area (Å²) in [6, 6.07) is 5.34. The first-order valence-corrected chi connectivity index (χ1v) is 6.17. The lowest BCUT2D eigenvalue weighted by molar-refractivity contribution is 0.0989. The van der Waals surface area contributed by atoms with Crippen molar-refractivity contribution in [3.63, 3.8) is 0 Å². The number of halogens is 2. The minimum absolute atomic E-state index is 0.0934. The number of rotatable bonds is 3. The number of hydrogen-bond acceptors (Lipinski definition) is 3. The average Bonchev–Trinajstić information content (AvgIpc) is 2.70. The Kier molecular flexibility index (Phi) is 3.59. The van der Waals surface area contributed by atoms with Crippen molar-refractivity contribution >= 4 is 40.3 Å². The summed E-state index contributed by atoms with van der Waals surface area (Å²) >= 11 is 13.1. The minimum atomic E-state index is -0.0934. The third kappa shape index (κ3) is 2.61. The maximum Gasteiger partial charge on any atom is 0.187 e. The summed E-state index contributed by atoms with van der Waals surface area (Å²) in [7, 11) is 0. The zero-order chi connectivity index (χ0) is 11.5. The Balaban J connectivity index is 2.21. The van der Waals surface area contributed by atoms with Crippen molar-refractivity contribution in [1.82, 2.24) is 4.98 Å². The van der Waals surface area contributed by atoms with E-state index in [0.29, 0.717) is 16.5 Å². The number of pyridine rings is 1. The lowest BCUT2D eigenvalue weighted by atomic mass is 10.2. The Labute approximate surface area is 107 Å². The van der Waals surface area contributed by atoms with E-state index in [1.54, 1.807) is 0 Å². The summed E-state index contributed by atoms with van der Waals surface area (Å²) in [5.41, 5.74) is 0.277. The highest BCUT2D eigenvalue weighted by atomic mass is 35.5. The van der Waals surface area contributed by atoms with Gasteiger partial charge in [-0.05, 0) is 17.5 Å². The number of carbonyl (C=O) groups is 1. The van der Waals surface area contributed by atoms with Gasteiger partial charge in [-0.25, -0.2) is 4.98 Å². The van der Waals surface area contributed by atoms with Gasteiger partial charge in [-0.15, -0.1) is 11.3 Å². The van der Waals surface area contributed by atoms with Crippen LogP contribution in [0.2, 0.25) is 10.0 Å². The van der Waals surface area contributed by atoms with Gasteiger partial charge in [0.05, 0.1) is 10.0 Å². The first-order valence-electron chi connectivity index (χ1n) is 4.53. The van der Waals surface area contributed by atoms with E-state index in [1.165, 1.54) is 23.6 Å². The van der Waals surface area contributed by atoms with Crippen molar-refractivity contribution in [2.24, 2.45) is 0 Å². The van der Waals surface area contributed by atoms with Crippen molar-refractivity contribution in [2.75, 3.05) is 0 Å². The molecule has 0 radical (unpaired) electrons. The fraction of sp³-hybridized carbons (Fsp3) is 0.0909. The number of Topliss-reactive ketones (excluding diaryl/α,β-unsaturated/α-hetero) is 1. The molecule has 0 aliphatic rings. The highest BCUT2D eigenvalue weighted by Gasteiger charge is 2.13. The van der Waals surface area contributed by atoms with Gasteiger partial charge >= 0.3 is 0 Å². The molecule has 2 heterocycles. The smallest absolute Gasteiger partial charge is 0.187 e. The second-order valence-corrected chi connectivity index (χ2v) is 5.04. The van der Waals surface area contributed by atoms with Gasteiger partial charge in [0, 0.05) is 17.5 Å². The number of aromatic nitrogens is 1. The van der Waals surface area contributed by atoms with Gasteiger partial charge in [-0.1, -0.05) is 29.3 Å². The second kappa shape index (κ2) is 4.95. The zero-order valence-corrected chi connectivity index (χ0v) is 10.4. The number of nitrogens with zero attached hydrogens (tertiary/aromatic N) is 1. The second-order valence-electron chi connectivity index (χ2n) is 3.16. The molecular weight excluding hydrogens is 265 g/mol. The Bertz CT molecular complexity index is 511. The summed E-state index contributed by atoms with van der Waals surface area (Å²) in [6.45, 7) is 0. The molecule has 5 heteroatoms. The van der Waals surface area contributed by atoms with Crippen LogP contribution >= 0.6 is 34.5 Å². The number of thiophene rings is 1. The van der Waals surface area contributed by atoms with E-state index in [0.717, 1.165) is 4.88 Å². The van der Waals surface area contributed by atoms with Crippen LogP contribution in [0.15, 0.2) is 29.8 Å². The van der Waals surface area contributed by atoms with Crippen molar-refractivity contribution in [3.05, 3.63) is 50.4 Å². The molecule has 0 atom stereocenters. The van der Waals surface area contributed by atoms with E-state index in [4.69, 9.17) is 23.2 Å². The van der Waals surface area contributed by atoms with Crippen molar-refractivity contribution < 1.29 is 4.79 Å². The summed E-state index contributed by atoms with van der Waals surface area (Å²) in [4.78, 5) is 16.8. The molecule has 2 rings (SSSR count). The highest BCUT2D eigenvalue weighted by molar-refractivity contribution is 7.10. The summed E-state index contributed by atoms with van der Waals surface area (Å²) in [5, 5.41) is 2.66. The lowest BCUT2D eigenvalue weighted by Gasteiger charge is -2.01. The molecule has 2 nitrogen and oxygen atoms in total. The predicted octanol–water partition coefficient (Wildman–Crippen LogP) is 3.88. The molecule has 16 heavy (non-hydrogen) atoms. The zero-order valence-electron chi connectivity index (χ0n) is 8.11. The molecule has 82 valence electrons. The van der Waals surface area contributed by atoms with Gasteiger partial charge in [0.15, 0.2) is 5.78 Å². The highest BCUT2D eigenvalue weighted by Crippen LogP contribution is 2.20. The quantitative estimate of drug-likeness (QED) is 0.794. The van der Waals surface area contributed by atoms with Crippen LogP contribution in [-0.4, -0.2) is 10.8 Å². The molecule has 0 unspecified atom stereocenters. The summed E-state index contributed by atoms with van der Waals surface area (Å²) in [6.07, 6.45) is 1.75. The minimum Gasteiger partial charge on any atom is -0.292 e. The van der Waals surface area contributed by atoms with E-state index in [1.807, 2.05) is 17.5 Å². The molecule has 2 aromatic rings. The summed E-state index contributed by atoms with van der Waals surface area (Å²) in [5.74, 6) is -0.0934. The Hall–Kier alpha value is -0.900. The van der Waals surface area contributed by atoms with E-state index >= 15 is 0 Å². The third-order valence-electron chi connectivity index (χ3n) is 1.99. The van der Waals surface area contributed by atoms with Crippen molar-refractivity contribution in [1.29, 1.82) is 0 Å². The first-order chi connectivity index (χ1) is 7.66. The van der Waals surface area contributed by atoms with Crippen molar-refractivity contribution in [2.45, 2.75) is 6.42 Å². The molecule has 0 aromatic carbocycles. The molecule has 0 amide bonds. The van der Waals surface area contributed by atoms with E-state index in [-0.39, 0.29) is 11.5 Å². The SMILES string of the molecule is O=C(Cc1cccs1)c1ncc(Cl)cc1Cl. The van der Waals surface area contributed by atoms with E-state index in [2.05, 4.69) is 4.98 Å². The molecular formula is C11H7Cl2NOS. The van der Waals surface area contributed by atoms with Crippen LogP contribution in [0.25, 0.3) is 0 Å². The fourth-order valence-corrected chi connectivity index (χ4v) is 2.46. The standard InChI is InChI=1S/C11H7Cl2NOS/c12-7-4-9(13)11(14-6-7)10(15)5-8-2-1-3-16-8/h1-4,6H,5H2. The predicted molar refractivity (Wildman–Crippen MR) is 66.6 cm³/mol. The van der Waals surface area contributed by atoms with Crippen LogP contribution in [0.1, 0.15) is 15.4 Å². The van der Waals surface area contributed by atoms with Gasteiger partial charge in [-0.3, -0.25) is 4.79 Å². The van der Waals surface area contributed by atoms with E-state index < -0.39 is 0 Å². The Morgan fingerprint density at radius 3 is 2.88 bits per heavy atom. The molecule has 0 fully saturated rings. The van der Waals surface area contributed by atoms with Crippen LogP contribution in [0.5, 0.6) is 0 Å². The average molecular weight is 272 g/mol. The third-order valence-corrected chi connectivity index (χ3v) is 3.36. The molecule has 0 saturated carbocycles. The monoisotopic (exact) mass is 271 g/mol. The normalized spacial score (nSPS) is 10.4. The Morgan fingerprint density at radius 2 is 2.25 bits per heavy atom. The summed E-state index contributed by atoms with van der Waals surface area (Å²) < 4.78 is 0. The maximum absolute atomic E-state index is 11.9. The van der Waals surface area contributed by atoms with Crippen LogP contribution in [0, 0.1) is 0 Å². The maximum atomic E-state index is 11.9. The topological polar surface area (TPSA) is 30.0 Å². The van der Waals surface area contributed by atoms with E-state index in [9.17, 15) is 4.79 Å².